The van der Waals surface area contributed by atoms with Gasteiger partial charge in [0.15, 0.2) is 0 Å². The summed E-state index contributed by atoms with van der Waals surface area (Å²) in [5, 5.41) is 1.19. The van der Waals surface area contributed by atoms with Crippen LogP contribution in [0.1, 0.15) is 54.4 Å². The van der Waals surface area contributed by atoms with E-state index in [0.29, 0.717) is 5.92 Å². The Morgan fingerprint density at radius 2 is 1.56 bits per heavy atom. The van der Waals surface area contributed by atoms with Gasteiger partial charge >= 0.3 is 0 Å². The second-order valence-corrected chi connectivity index (χ2v) is 4.44. The first-order valence-electron chi connectivity index (χ1n) is 7.20. The third-order valence-corrected chi connectivity index (χ3v) is 2.58. The molecule has 0 amide bonds. The first kappa shape index (κ1) is 19.8. The van der Waals surface area contributed by atoms with Crippen LogP contribution in [0, 0.1) is 5.92 Å². The normalized spacial score (nSPS) is 10.4. The van der Waals surface area contributed by atoms with Crippen LogP contribution in [-0.2, 0) is 0 Å². The Kier molecular flexibility index (Phi) is 15.9. The molecule has 0 radical (unpaired) electrons. The molecular formula is C16H31OP. The molecule has 1 nitrogen and oxygen atoms in total. The average molecular weight is 270 g/mol. The molecule has 0 aliphatic heterocycles. The monoisotopic (exact) mass is 270 g/mol. The maximum atomic E-state index is 5.67. The van der Waals surface area contributed by atoms with Gasteiger partial charge in [0.2, 0.25) is 0 Å². The van der Waals surface area contributed by atoms with Crippen LogP contribution in [0.4, 0.5) is 0 Å². The minimum absolute atomic E-state index is 0.649. The van der Waals surface area contributed by atoms with Crippen molar-refractivity contribution in [3.63, 3.8) is 0 Å². The van der Waals surface area contributed by atoms with Gasteiger partial charge in [0, 0.05) is 0 Å². The molecule has 0 bridgehead atoms. The van der Waals surface area contributed by atoms with Gasteiger partial charge in [0.05, 0.1) is 6.61 Å². The van der Waals surface area contributed by atoms with Gasteiger partial charge in [0.1, 0.15) is 5.75 Å². The van der Waals surface area contributed by atoms with Gasteiger partial charge in [-0.2, -0.15) is 0 Å². The molecule has 0 saturated heterocycles. The highest BCUT2D eigenvalue weighted by atomic mass is 31.0. The fourth-order valence-electron chi connectivity index (χ4n) is 1.38. The number of rotatable bonds is 5. The molecule has 0 aliphatic rings. The van der Waals surface area contributed by atoms with Crippen LogP contribution in [-0.4, -0.2) is 6.61 Å². The van der Waals surface area contributed by atoms with Crippen LogP contribution in [0.15, 0.2) is 24.3 Å². The third kappa shape index (κ3) is 10.6. The topological polar surface area (TPSA) is 9.23 Å². The van der Waals surface area contributed by atoms with Gasteiger partial charge in [-0.05, 0) is 29.8 Å². The Bertz CT molecular complexity index is 256. The molecule has 0 N–H and O–H groups in total. The van der Waals surface area contributed by atoms with Crippen molar-refractivity contribution in [2.45, 2.75) is 54.4 Å². The number of ether oxygens (including phenoxy) is 1. The zero-order valence-electron chi connectivity index (χ0n) is 13.0. The average Bonchev–Trinajstić information content (AvgIpc) is 2.43. The standard InChI is InChI=1S/C12H19OP.2C2H6/c1-3-4-10(2)9-13-11-5-7-12(14)8-6-11;2*1-2/h5-8,10H,3-4,9,14H2,1-2H3;2*1-2H3. The van der Waals surface area contributed by atoms with Gasteiger partial charge in [-0.1, -0.05) is 60.1 Å². The van der Waals surface area contributed by atoms with Crippen molar-refractivity contribution in [1.29, 1.82) is 0 Å². The van der Waals surface area contributed by atoms with E-state index in [1.807, 2.05) is 52.0 Å². The maximum Gasteiger partial charge on any atom is 0.119 e. The fraction of sp³-hybridized carbons (Fsp3) is 0.625. The molecule has 0 aliphatic carbocycles. The third-order valence-electron chi connectivity index (χ3n) is 2.20. The van der Waals surface area contributed by atoms with E-state index < -0.39 is 0 Å². The summed E-state index contributed by atoms with van der Waals surface area (Å²) in [4.78, 5) is 0. The second-order valence-electron chi connectivity index (χ2n) is 3.77. The van der Waals surface area contributed by atoms with Crippen molar-refractivity contribution in [3.05, 3.63) is 24.3 Å². The summed E-state index contributed by atoms with van der Waals surface area (Å²) in [5.74, 6) is 1.62. The second kappa shape index (κ2) is 14.5. The van der Waals surface area contributed by atoms with Crippen molar-refractivity contribution >= 4 is 14.5 Å². The molecule has 0 heterocycles. The Balaban J connectivity index is 0. The van der Waals surface area contributed by atoms with E-state index in [1.165, 1.54) is 18.1 Å². The van der Waals surface area contributed by atoms with Gasteiger partial charge < -0.3 is 4.74 Å². The van der Waals surface area contributed by atoms with Crippen molar-refractivity contribution < 1.29 is 4.74 Å². The molecule has 1 aromatic rings. The van der Waals surface area contributed by atoms with Gasteiger partial charge in [-0.25, -0.2) is 0 Å². The number of hydrogen-bond donors (Lipinski definition) is 0. The predicted octanol–water partition coefficient (Wildman–Crippen LogP) is 5.05. The van der Waals surface area contributed by atoms with Crippen LogP contribution in [0.2, 0.25) is 0 Å². The molecular weight excluding hydrogens is 239 g/mol. The van der Waals surface area contributed by atoms with Crippen LogP contribution in [0.3, 0.4) is 0 Å². The first-order valence-corrected chi connectivity index (χ1v) is 7.78. The maximum absolute atomic E-state index is 5.67. The van der Waals surface area contributed by atoms with Gasteiger partial charge in [-0.15, -0.1) is 9.24 Å². The Hall–Kier alpha value is -0.550. The lowest BCUT2D eigenvalue weighted by molar-refractivity contribution is 0.251. The van der Waals surface area contributed by atoms with Crippen LogP contribution in [0.5, 0.6) is 5.75 Å². The SMILES string of the molecule is CC.CC.CCCC(C)COc1ccc(P)cc1. The molecule has 1 rings (SSSR count). The minimum atomic E-state index is 0.649. The molecule has 0 saturated carbocycles. The lowest BCUT2D eigenvalue weighted by Gasteiger charge is -2.11. The highest BCUT2D eigenvalue weighted by Crippen LogP contribution is 2.12. The molecule has 2 atom stereocenters. The lowest BCUT2D eigenvalue weighted by atomic mass is 10.1. The predicted molar refractivity (Wildman–Crippen MR) is 88.0 cm³/mol. The Labute approximate surface area is 117 Å². The highest BCUT2D eigenvalue weighted by Gasteiger charge is 2.01. The van der Waals surface area contributed by atoms with E-state index in [9.17, 15) is 0 Å². The largest absolute Gasteiger partial charge is 0.493 e. The molecule has 18 heavy (non-hydrogen) atoms. The van der Waals surface area contributed by atoms with E-state index in [1.54, 1.807) is 0 Å². The number of hydrogen-bond acceptors (Lipinski definition) is 1. The summed E-state index contributed by atoms with van der Waals surface area (Å²) in [5.41, 5.74) is 0. The molecule has 0 spiro atoms. The molecule has 2 unspecified atom stereocenters. The highest BCUT2D eigenvalue weighted by molar-refractivity contribution is 7.27. The minimum Gasteiger partial charge on any atom is -0.493 e. The van der Waals surface area contributed by atoms with E-state index >= 15 is 0 Å². The fourth-order valence-corrected chi connectivity index (χ4v) is 1.57. The summed E-state index contributed by atoms with van der Waals surface area (Å²) in [6.45, 7) is 13.3. The summed E-state index contributed by atoms with van der Waals surface area (Å²) in [7, 11) is 2.67. The van der Waals surface area contributed by atoms with E-state index in [4.69, 9.17) is 4.74 Å². The van der Waals surface area contributed by atoms with E-state index in [-0.39, 0.29) is 0 Å². The summed E-state index contributed by atoms with van der Waals surface area (Å²) in [6, 6.07) is 8.12. The van der Waals surface area contributed by atoms with E-state index in [2.05, 4.69) is 23.1 Å². The van der Waals surface area contributed by atoms with Crippen molar-refractivity contribution in [1.82, 2.24) is 0 Å². The lowest BCUT2D eigenvalue weighted by Crippen LogP contribution is -2.08. The van der Waals surface area contributed by atoms with Crippen LogP contribution < -0.4 is 10.0 Å². The van der Waals surface area contributed by atoms with Crippen molar-refractivity contribution in [3.8, 4) is 5.75 Å². The smallest absolute Gasteiger partial charge is 0.119 e. The molecule has 106 valence electrons. The molecule has 1 aromatic carbocycles. The zero-order valence-corrected chi connectivity index (χ0v) is 14.1. The van der Waals surface area contributed by atoms with Gasteiger partial charge in [-0.3, -0.25) is 0 Å². The zero-order chi connectivity index (χ0) is 14.4. The van der Waals surface area contributed by atoms with Crippen LogP contribution >= 0.6 is 9.24 Å². The number of benzene rings is 1. The van der Waals surface area contributed by atoms with E-state index in [0.717, 1.165) is 12.4 Å². The summed E-state index contributed by atoms with van der Waals surface area (Å²) in [6.07, 6.45) is 2.47. The molecule has 2 heteroatoms. The Morgan fingerprint density at radius 1 is 1.06 bits per heavy atom. The van der Waals surface area contributed by atoms with Crippen molar-refractivity contribution in [2.75, 3.05) is 6.61 Å². The summed E-state index contributed by atoms with van der Waals surface area (Å²) < 4.78 is 5.67. The van der Waals surface area contributed by atoms with Gasteiger partial charge in [0.25, 0.3) is 0 Å². The first-order chi connectivity index (χ1) is 8.72. The summed E-state index contributed by atoms with van der Waals surface area (Å²) >= 11 is 0. The molecule has 0 aromatic heterocycles. The van der Waals surface area contributed by atoms with Crippen LogP contribution in [0.25, 0.3) is 0 Å². The van der Waals surface area contributed by atoms with Crippen molar-refractivity contribution in [2.24, 2.45) is 5.92 Å². The quantitative estimate of drug-likeness (QED) is 0.680. The molecule has 0 fully saturated rings. The Morgan fingerprint density at radius 3 is 2.00 bits per heavy atom.